The summed E-state index contributed by atoms with van der Waals surface area (Å²) in [5, 5.41) is 7.40. The maximum atomic E-state index is 12.5. The minimum Gasteiger partial charge on any atom is -0.277 e. The van der Waals surface area contributed by atoms with Crippen molar-refractivity contribution in [3.8, 4) is 0 Å². The number of hydrogen-bond donors (Lipinski definition) is 1. The lowest BCUT2D eigenvalue weighted by atomic mass is 10.2. The molecule has 0 bridgehead atoms. The highest BCUT2D eigenvalue weighted by Crippen LogP contribution is 2.27. The topological polar surface area (TPSA) is 85.1 Å². The molecule has 3 aromatic rings. The van der Waals surface area contributed by atoms with Crippen LogP contribution in [0.25, 0.3) is 11.0 Å². The van der Waals surface area contributed by atoms with E-state index in [1.165, 1.54) is 0 Å². The van der Waals surface area contributed by atoms with Crippen molar-refractivity contribution in [3.63, 3.8) is 0 Å². The van der Waals surface area contributed by atoms with Gasteiger partial charge in [-0.15, -0.1) is 0 Å². The average molecular weight is 368 g/mol. The third-order valence-electron chi connectivity index (χ3n) is 2.91. The molecule has 0 radical (unpaired) electrons. The van der Waals surface area contributed by atoms with E-state index in [2.05, 4.69) is 35.6 Å². The molecule has 8 heteroatoms. The van der Waals surface area contributed by atoms with Crippen LogP contribution in [0.15, 0.2) is 50.4 Å². The number of sulfonamides is 1. The molecule has 1 aromatic heterocycles. The summed E-state index contributed by atoms with van der Waals surface area (Å²) >= 11 is 3.26. The van der Waals surface area contributed by atoms with E-state index in [0.29, 0.717) is 21.2 Å². The summed E-state index contributed by atoms with van der Waals surface area (Å²) in [4.78, 5) is 0.163. The molecule has 3 rings (SSSR count). The Balaban J connectivity index is 2.08. The van der Waals surface area contributed by atoms with Gasteiger partial charge in [-0.1, -0.05) is 12.1 Å². The number of halogens is 1. The lowest BCUT2D eigenvalue weighted by Gasteiger charge is -2.10. The Morgan fingerprint density at radius 1 is 1.19 bits per heavy atom. The third kappa shape index (κ3) is 2.64. The van der Waals surface area contributed by atoms with Crippen molar-refractivity contribution in [2.24, 2.45) is 0 Å². The largest absolute Gasteiger partial charge is 0.277 e. The lowest BCUT2D eigenvalue weighted by Crippen LogP contribution is -2.14. The van der Waals surface area contributed by atoms with Gasteiger partial charge in [0.1, 0.15) is 10.4 Å². The maximum Gasteiger partial charge on any atom is 0.263 e. The lowest BCUT2D eigenvalue weighted by molar-refractivity contribution is 0.315. The van der Waals surface area contributed by atoms with Gasteiger partial charge in [0.2, 0.25) is 0 Å². The Morgan fingerprint density at radius 3 is 2.81 bits per heavy atom. The maximum absolute atomic E-state index is 12.5. The summed E-state index contributed by atoms with van der Waals surface area (Å²) in [6, 6.07) is 10.1. The van der Waals surface area contributed by atoms with Crippen LogP contribution in [-0.4, -0.2) is 18.7 Å². The Hall–Kier alpha value is -1.93. The molecule has 0 aliphatic carbocycles. The average Bonchev–Trinajstić information content (AvgIpc) is 2.90. The molecule has 1 N–H and O–H groups in total. The molecule has 0 amide bonds. The molecule has 0 aliphatic rings. The van der Waals surface area contributed by atoms with Gasteiger partial charge in [-0.2, -0.15) is 0 Å². The van der Waals surface area contributed by atoms with Gasteiger partial charge in [-0.3, -0.25) is 4.72 Å². The zero-order valence-corrected chi connectivity index (χ0v) is 13.3. The highest BCUT2D eigenvalue weighted by molar-refractivity contribution is 9.10. The van der Waals surface area contributed by atoms with Gasteiger partial charge in [0.25, 0.3) is 10.0 Å². The fourth-order valence-corrected chi connectivity index (χ4v) is 4.02. The Morgan fingerprint density at radius 2 is 2.00 bits per heavy atom. The predicted octanol–water partition coefficient (Wildman–Crippen LogP) is 3.09. The molecule has 0 aliphatic heterocycles. The Kier molecular flexibility index (Phi) is 3.42. The fourth-order valence-electron chi connectivity index (χ4n) is 1.90. The molecule has 6 nitrogen and oxygen atoms in total. The number of fused-ring (bicyclic) bond motifs is 1. The zero-order valence-electron chi connectivity index (χ0n) is 10.9. The van der Waals surface area contributed by atoms with E-state index >= 15 is 0 Å². The van der Waals surface area contributed by atoms with Crippen molar-refractivity contribution < 1.29 is 13.0 Å². The van der Waals surface area contributed by atoms with Crippen LogP contribution in [0.2, 0.25) is 0 Å². The first-order valence-corrected chi connectivity index (χ1v) is 8.25. The molecular weight excluding hydrogens is 358 g/mol. The van der Waals surface area contributed by atoms with Crippen molar-refractivity contribution in [3.05, 3.63) is 46.4 Å². The monoisotopic (exact) mass is 367 g/mol. The molecular formula is C13H10BrN3O3S. The smallest absolute Gasteiger partial charge is 0.263 e. The number of anilines is 1. The van der Waals surface area contributed by atoms with Crippen LogP contribution >= 0.6 is 15.9 Å². The van der Waals surface area contributed by atoms with Crippen LogP contribution in [0.1, 0.15) is 5.56 Å². The van der Waals surface area contributed by atoms with Crippen molar-refractivity contribution in [1.82, 2.24) is 10.3 Å². The van der Waals surface area contributed by atoms with E-state index in [4.69, 9.17) is 0 Å². The second-order valence-electron chi connectivity index (χ2n) is 4.48. The minimum absolute atomic E-state index is 0.163. The van der Waals surface area contributed by atoms with Crippen LogP contribution in [0.5, 0.6) is 0 Å². The van der Waals surface area contributed by atoms with Crippen molar-refractivity contribution in [1.29, 1.82) is 0 Å². The van der Waals surface area contributed by atoms with E-state index in [9.17, 15) is 8.42 Å². The molecule has 0 saturated heterocycles. The molecule has 0 atom stereocenters. The normalized spacial score (nSPS) is 11.7. The molecule has 21 heavy (non-hydrogen) atoms. The summed E-state index contributed by atoms with van der Waals surface area (Å²) in [6.45, 7) is 1.83. The van der Waals surface area contributed by atoms with Gasteiger partial charge in [0.15, 0.2) is 5.52 Å². The molecule has 108 valence electrons. The van der Waals surface area contributed by atoms with Crippen molar-refractivity contribution in [2.45, 2.75) is 11.8 Å². The van der Waals surface area contributed by atoms with E-state index in [0.717, 1.165) is 5.56 Å². The first kappa shape index (κ1) is 14.0. The fraction of sp³-hybridized carbons (Fsp3) is 0.0769. The molecule has 0 spiro atoms. The Bertz CT molecular complexity index is 921. The summed E-state index contributed by atoms with van der Waals surface area (Å²) in [5.41, 5.74) is 2.02. The highest BCUT2D eigenvalue weighted by Gasteiger charge is 2.20. The van der Waals surface area contributed by atoms with Crippen LogP contribution < -0.4 is 4.72 Å². The molecule has 0 fully saturated rings. The predicted molar refractivity (Wildman–Crippen MR) is 81.5 cm³/mol. The second kappa shape index (κ2) is 5.12. The molecule has 0 unspecified atom stereocenters. The molecule has 0 saturated carbocycles. The summed E-state index contributed by atoms with van der Waals surface area (Å²) in [5.74, 6) is 0. The Labute approximate surface area is 129 Å². The number of benzene rings is 2. The van der Waals surface area contributed by atoms with Gasteiger partial charge < -0.3 is 0 Å². The SMILES string of the molecule is Cc1ccc(Br)c(S(=O)(=O)Nc2cccc3nonc23)c1. The molecule has 1 heterocycles. The van der Waals surface area contributed by atoms with Gasteiger partial charge >= 0.3 is 0 Å². The van der Waals surface area contributed by atoms with E-state index in [1.807, 2.05) is 13.0 Å². The number of nitrogens with one attached hydrogen (secondary N) is 1. The number of nitrogens with zero attached hydrogens (tertiary/aromatic N) is 2. The summed E-state index contributed by atoms with van der Waals surface area (Å²) in [7, 11) is -3.74. The molecule has 2 aromatic carbocycles. The minimum atomic E-state index is -3.74. The van der Waals surface area contributed by atoms with Crippen LogP contribution in [0.4, 0.5) is 5.69 Å². The van der Waals surface area contributed by atoms with Gasteiger partial charge in [0, 0.05) is 4.47 Å². The number of aryl methyl sites for hydroxylation is 1. The number of rotatable bonds is 3. The van der Waals surface area contributed by atoms with Crippen LogP contribution in [-0.2, 0) is 10.0 Å². The van der Waals surface area contributed by atoms with E-state index in [-0.39, 0.29) is 4.90 Å². The quantitative estimate of drug-likeness (QED) is 0.768. The van der Waals surface area contributed by atoms with Gasteiger partial charge in [-0.05, 0) is 63.0 Å². The van der Waals surface area contributed by atoms with Crippen LogP contribution in [0, 0.1) is 6.92 Å². The van der Waals surface area contributed by atoms with Crippen molar-refractivity contribution in [2.75, 3.05) is 4.72 Å². The van der Waals surface area contributed by atoms with E-state index < -0.39 is 10.0 Å². The third-order valence-corrected chi connectivity index (χ3v) is 5.27. The zero-order chi connectivity index (χ0) is 15.0. The summed E-state index contributed by atoms with van der Waals surface area (Å²) in [6.07, 6.45) is 0. The van der Waals surface area contributed by atoms with Crippen LogP contribution in [0.3, 0.4) is 0 Å². The number of hydrogen-bond acceptors (Lipinski definition) is 5. The first-order chi connectivity index (χ1) is 9.97. The number of aromatic nitrogens is 2. The van der Waals surface area contributed by atoms with E-state index in [1.54, 1.807) is 30.3 Å². The second-order valence-corrected chi connectivity index (χ2v) is 6.98. The van der Waals surface area contributed by atoms with Gasteiger partial charge in [0.05, 0.1) is 5.69 Å². The standard InChI is InChI=1S/C13H10BrN3O3S/c1-8-5-6-9(14)12(7-8)21(18,19)17-11-4-2-3-10-13(11)16-20-15-10/h2-7,17H,1H3. The highest BCUT2D eigenvalue weighted by atomic mass is 79.9. The first-order valence-electron chi connectivity index (χ1n) is 5.97. The summed E-state index contributed by atoms with van der Waals surface area (Å²) < 4.78 is 32.7. The van der Waals surface area contributed by atoms with Gasteiger partial charge in [-0.25, -0.2) is 13.0 Å². The van der Waals surface area contributed by atoms with Crippen molar-refractivity contribution >= 4 is 42.7 Å².